The Balaban J connectivity index is 1.29. The van der Waals surface area contributed by atoms with Crippen molar-refractivity contribution in [3.8, 4) is 28.1 Å². The zero-order valence-corrected chi connectivity index (χ0v) is 23.3. The summed E-state index contributed by atoms with van der Waals surface area (Å²) in [6.07, 6.45) is 1.93. The second kappa shape index (κ2) is 9.37. The van der Waals surface area contributed by atoms with E-state index < -0.39 is 0 Å². The lowest BCUT2D eigenvalue weighted by Crippen LogP contribution is -1.95. The molecule has 0 radical (unpaired) electrons. The fourth-order valence-corrected chi connectivity index (χ4v) is 6.70. The minimum atomic E-state index is 0.868. The highest BCUT2D eigenvalue weighted by atomic mass is 15.0. The summed E-state index contributed by atoms with van der Waals surface area (Å²) in [5, 5.41) is 7.14. The Hall–Kier alpha value is -5.80. The van der Waals surface area contributed by atoms with Gasteiger partial charge in [0.15, 0.2) is 0 Å². The van der Waals surface area contributed by atoms with Gasteiger partial charge in [0.2, 0.25) is 0 Å². The minimum Gasteiger partial charge on any atom is -0.309 e. The molecule has 0 fully saturated rings. The third kappa shape index (κ3) is 3.62. The lowest BCUT2D eigenvalue weighted by Gasteiger charge is -2.13. The van der Waals surface area contributed by atoms with Crippen molar-refractivity contribution in [2.24, 2.45) is 0 Å². The Labute approximate surface area is 248 Å². The summed E-state index contributed by atoms with van der Waals surface area (Å²) in [6, 6.07) is 51.6. The molecule has 0 aliphatic rings. The number of para-hydroxylation sites is 2. The molecule has 7 aromatic carbocycles. The number of benzene rings is 7. The van der Waals surface area contributed by atoms with Crippen molar-refractivity contribution in [3.63, 3.8) is 0 Å². The molecule has 200 valence electrons. The lowest BCUT2D eigenvalue weighted by atomic mass is 9.96. The Morgan fingerprint density at radius 1 is 0.419 bits per heavy atom. The van der Waals surface area contributed by atoms with Gasteiger partial charge >= 0.3 is 0 Å². The molecule has 0 saturated heterocycles. The average Bonchev–Trinajstić information content (AvgIpc) is 3.42. The second-order valence-electron chi connectivity index (χ2n) is 11.0. The number of hydrogen-bond acceptors (Lipinski definition) is 2. The third-order valence-corrected chi connectivity index (χ3v) is 8.63. The van der Waals surface area contributed by atoms with E-state index in [0.29, 0.717) is 0 Å². The van der Waals surface area contributed by atoms with Crippen LogP contribution in [-0.4, -0.2) is 14.5 Å². The standard InChI is InChI=1S/C40H25N3/c1-2-12-27(13-3-1)43-37-21-11-10-18-32(37)33-23-22-26(24-38(33)43)28-14-4-7-17-31(28)36-25-41-39-34-19-8-5-15-29(34)30-16-6-9-20-35(30)40(39)42-36/h1-25H. The molecule has 0 aliphatic heterocycles. The number of fused-ring (bicyclic) bond motifs is 9. The molecule has 43 heavy (non-hydrogen) atoms. The van der Waals surface area contributed by atoms with Crippen LogP contribution in [0, 0.1) is 0 Å². The SMILES string of the molecule is c1ccc(-n2c3ccccc3c3ccc(-c4ccccc4-c4cnc5c6ccccc6c6ccccc6c5n4)cc32)cc1. The molecule has 0 spiro atoms. The maximum atomic E-state index is 5.30. The van der Waals surface area contributed by atoms with Gasteiger partial charge in [-0.1, -0.05) is 121 Å². The molecular weight excluding hydrogens is 522 g/mol. The minimum absolute atomic E-state index is 0.868. The molecule has 9 rings (SSSR count). The number of nitrogens with zero attached hydrogens (tertiary/aromatic N) is 3. The van der Waals surface area contributed by atoms with Crippen molar-refractivity contribution in [1.29, 1.82) is 0 Å². The summed E-state index contributed by atoms with van der Waals surface area (Å²) in [5.74, 6) is 0. The van der Waals surface area contributed by atoms with E-state index in [0.717, 1.165) is 49.9 Å². The number of rotatable bonds is 3. The summed E-state index contributed by atoms with van der Waals surface area (Å²) in [4.78, 5) is 10.3. The summed E-state index contributed by atoms with van der Waals surface area (Å²) in [5.41, 5.74) is 9.61. The van der Waals surface area contributed by atoms with Crippen molar-refractivity contribution in [2.75, 3.05) is 0 Å². The van der Waals surface area contributed by atoms with E-state index in [9.17, 15) is 0 Å². The monoisotopic (exact) mass is 547 g/mol. The van der Waals surface area contributed by atoms with Crippen LogP contribution in [0.1, 0.15) is 0 Å². The van der Waals surface area contributed by atoms with Crippen molar-refractivity contribution >= 4 is 54.4 Å². The van der Waals surface area contributed by atoms with Crippen LogP contribution >= 0.6 is 0 Å². The van der Waals surface area contributed by atoms with Crippen LogP contribution < -0.4 is 0 Å². The van der Waals surface area contributed by atoms with Gasteiger partial charge in [-0.2, -0.15) is 0 Å². The van der Waals surface area contributed by atoms with Crippen LogP contribution in [0.3, 0.4) is 0 Å². The van der Waals surface area contributed by atoms with Crippen molar-refractivity contribution in [1.82, 2.24) is 14.5 Å². The quantitative estimate of drug-likeness (QED) is 0.206. The Kier molecular flexibility index (Phi) is 5.20. The molecule has 0 atom stereocenters. The van der Waals surface area contributed by atoms with Crippen LogP contribution in [0.5, 0.6) is 0 Å². The van der Waals surface area contributed by atoms with Gasteiger partial charge in [0.1, 0.15) is 0 Å². The van der Waals surface area contributed by atoms with E-state index in [1.54, 1.807) is 0 Å². The topological polar surface area (TPSA) is 30.7 Å². The van der Waals surface area contributed by atoms with Gasteiger partial charge in [-0.25, -0.2) is 4.98 Å². The van der Waals surface area contributed by atoms with Crippen LogP contribution in [0.15, 0.2) is 152 Å². The van der Waals surface area contributed by atoms with Crippen molar-refractivity contribution < 1.29 is 0 Å². The van der Waals surface area contributed by atoms with Crippen LogP contribution in [0.25, 0.3) is 82.5 Å². The summed E-state index contributed by atoms with van der Waals surface area (Å²) in [7, 11) is 0. The Morgan fingerprint density at radius 2 is 1.00 bits per heavy atom. The van der Waals surface area contributed by atoms with E-state index in [1.165, 1.54) is 32.6 Å². The molecule has 0 aliphatic carbocycles. The molecule has 0 bridgehead atoms. The van der Waals surface area contributed by atoms with E-state index in [2.05, 4.69) is 150 Å². The fraction of sp³-hybridized carbons (Fsp3) is 0. The molecule has 0 amide bonds. The van der Waals surface area contributed by atoms with Crippen molar-refractivity contribution in [3.05, 3.63) is 152 Å². The van der Waals surface area contributed by atoms with Gasteiger partial charge in [-0.3, -0.25) is 4.98 Å². The first kappa shape index (κ1) is 23.9. The Morgan fingerprint density at radius 3 is 1.77 bits per heavy atom. The largest absolute Gasteiger partial charge is 0.309 e. The predicted molar refractivity (Wildman–Crippen MR) is 180 cm³/mol. The first-order valence-electron chi connectivity index (χ1n) is 14.6. The molecule has 0 N–H and O–H groups in total. The number of hydrogen-bond donors (Lipinski definition) is 0. The zero-order valence-electron chi connectivity index (χ0n) is 23.3. The smallest absolute Gasteiger partial charge is 0.0979 e. The molecule has 0 unspecified atom stereocenters. The van der Waals surface area contributed by atoms with E-state index in [1.807, 2.05) is 6.20 Å². The molecule has 0 saturated carbocycles. The maximum absolute atomic E-state index is 5.30. The van der Waals surface area contributed by atoms with Gasteiger partial charge in [0.25, 0.3) is 0 Å². The van der Waals surface area contributed by atoms with E-state index >= 15 is 0 Å². The van der Waals surface area contributed by atoms with E-state index in [4.69, 9.17) is 9.97 Å². The zero-order chi connectivity index (χ0) is 28.3. The predicted octanol–water partition coefficient (Wildman–Crippen LogP) is 10.4. The summed E-state index contributed by atoms with van der Waals surface area (Å²) >= 11 is 0. The first-order chi connectivity index (χ1) is 21.3. The average molecular weight is 548 g/mol. The van der Waals surface area contributed by atoms with E-state index in [-0.39, 0.29) is 0 Å². The first-order valence-corrected chi connectivity index (χ1v) is 14.6. The normalized spacial score (nSPS) is 11.7. The summed E-state index contributed by atoms with van der Waals surface area (Å²) < 4.78 is 2.36. The molecular formula is C40H25N3. The van der Waals surface area contributed by atoms with Gasteiger partial charge in [0, 0.05) is 32.8 Å². The van der Waals surface area contributed by atoms with Gasteiger partial charge in [0.05, 0.1) is 34.0 Å². The van der Waals surface area contributed by atoms with Gasteiger partial charge in [-0.05, 0) is 46.2 Å². The summed E-state index contributed by atoms with van der Waals surface area (Å²) in [6.45, 7) is 0. The third-order valence-electron chi connectivity index (χ3n) is 8.63. The maximum Gasteiger partial charge on any atom is 0.0979 e. The van der Waals surface area contributed by atoms with Crippen LogP contribution in [0.4, 0.5) is 0 Å². The van der Waals surface area contributed by atoms with Crippen LogP contribution in [0.2, 0.25) is 0 Å². The highest BCUT2D eigenvalue weighted by Crippen LogP contribution is 2.39. The molecule has 3 nitrogen and oxygen atoms in total. The molecule has 9 aromatic rings. The van der Waals surface area contributed by atoms with Gasteiger partial charge in [-0.15, -0.1) is 0 Å². The lowest BCUT2D eigenvalue weighted by molar-refractivity contribution is 1.18. The molecule has 2 heterocycles. The van der Waals surface area contributed by atoms with Crippen molar-refractivity contribution in [2.45, 2.75) is 0 Å². The number of aromatic nitrogens is 3. The second-order valence-corrected chi connectivity index (χ2v) is 11.0. The Bertz CT molecular complexity index is 2470. The van der Waals surface area contributed by atoms with Crippen LogP contribution in [-0.2, 0) is 0 Å². The fourth-order valence-electron chi connectivity index (χ4n) is 6.70. The molecule has 3 heteroatoms. The highest BCUT2D eigenvalue weighted by molar-refractivity contribution is 6.23. The van der Waals surface area contributed by atoms with Gasteiger partial charge < -0.3 is 4.57 Å². The molecule has 2 aromatic heterocycles. The highest BCUT2D eigenvalue weighted by Gasteiger charge is 2.17.